The van der Waals surface area contributed by atoms with Crippen molar-refractivity contribution in [2.24, 2.45) is 0 Å². The zero-order valence-corrected chi connectivity index (χ0v) is 12.1. The second kappa shape index (κ2) is 7.84. The van der Waals surface area contributed by atoms with Crippen LogP contribution >= 0.6 is 12.2 Å². The first-order chi connectivity index (χ1) is 9.11. The highest BCUT2D eigenvalue weighted by Gasteiger charge is 2.32. The molecule has 19 heavy (non-hydrogen) atoms. The molecule has 104 valence electrons. The summed E-state index contributed by atoms with van der Waals surface area (Å²) in [6.07, 6.45) is 8.48. The quantitative estimate of drug-likeness (QED) is 0.256. The Balaban J connectivity index is 2.67. The maximum Gasteiger partial charge on any atom is 0.265 e. The molecule has 5 heteroatoms. The van der Waals surface area contributed by atoms with Crippen molar-refractivity contribution in [1.82, 2.24) is 10.2 Å². The van der Waals surface area contributed by atoms with Gasteiger partial charge >= 0.3 is 0 Å². The first-order valence-electron chi connectivity index (χ1n) is 6.60. The monoisotopic (exact) mass is 280 g/mol. The molecule has 2 amide bonds. The van der Waals surface area contributed by atoms with Gasteiger partial charge in [0.25, 0.3) is 11.8 Å². The summed E-state index contributed by atoms with van der Waals surface area (Å²) in [5.74, 6) is -0.727. The second-order valence-corrected chi connectivity index (χ2v) is 4.82. The normalized spacial score (nSPS) is 17.8. The zero-order chi connectivity index (χ0) is 14.3. The summed E-state index contributed by atoms with van der Waals surface area (Å²) in [6.45, 7) is 6.03. The Morgan fingerprint density at radius 2 is 2.05 bits per heavy atom. The Labute approximate surface area is 119 Å². The van der Waals surface area contributed by atoms with E-state index in [0.29, 0.717) is 6.54 Å². The minimum absolute atomic E-state index is 0.151. The summed E-state index contributed by atoms with van der Waals surface area (Å²) >= 11 is 4.97. The van der Waals surface area contributed by atoms with Gasteiger partial charge in [-0.1, -0.05) is 38.3 Å². The van der Waals surface area contributed by atoms with Crippen LogP contribution in [0, 0.1) is 0 Å². The van der Waals surface area contributed by atoms with Gasteiger partial charge in [0, 0.05) is 6.54 Å². The molecule has 1 aliphatic heterocycles. The first kappa shape index (κ1) is 15.6. The van der Waals surface area contributed by atoms with Gasteiger partial charge in [-0.15, -0.1) is 6.58 Å². The average molecular weight is 280 g/mol. The number of hydrogen-bond acceptors (Lipinski definition) is 3. The maximum atomic E-state index is 12.1. The molecule has 1 N–H and O–H groups in total. The molecule has 1 aliphatic rings. The third kappa shape index (κ3) is 4.28. The molecule has 0 atom stereocenters. The summed E-state index contributed by atoms with van der Waals surface area (Å²) < 4.78 is 0. The van der Waals surface area contributed by atoms with Crippen LogP contribution in [-0.2, 0) is 9.59 Å². The van der Waals surface area contributed by atoms with E-state index in [9.17, 15) is 9.59 Å². The number of nitrogens with one attached hydrogen (secondary N) is 1. The first-order valence-corrected chi connectivity index (χ1v) is 7.00. The van der Waals surface area contributed by atoms with E-state index in [0.717, 1.165) is 25.7 Å². The summed E-state index contributed by atoms with van der Waals surface area (Å²) in [5.41, 5.74) is 0.187. The van der Waals surface area contributed by atoms with Gasteiger partial charge in [0.05, 0.1) is 0 Å². The van der Waals surface area contributed by atoms with Gasteiger partial charge in [0.2, 0.25) is 0 Å². The Morgan fingerprint density at radius 3 is 2.68 bits per heavy atom. The Morgan fingerprint density at radius 1 is 1.32 bits per heavy atom. The smallest absolute Gasteiger partial charge is 0.265 e. The van der Waals surface area contributed by atoms with E-state index in [1.54, 1.807) is 12.2 Å². The third-order valence-electron chi connectivity index (χ3n) is 2.90. The van der Waals surface area contributed by atoms with Crippen LogP contribution < -0.4 is 5.32 Å². The molecule has 0 bridgehead atoms. The van der Waals surface area contributed by atoms with Crippen molar-refractivity contribution in [3.8, 4) is 0 Å². The van der Waals surface area contributed by atoms with Crippen molar-refractivity contribution in [2.45, 2.75) is 39.0 Å². The lowest BCUT2D eigenvalue weighted by molar-refractivity contribution is -0.128. The van der Waals surface area contributed by atoms with Crippen LogP contribution in [0.1, 0.15) is 39.0 Å². The molecule has 1 heterocycles. The largest absolute Gasteiger partial charge is 0.298 e. The number of allylic oxidation sites excluding steroid dienone is 1. The Kier molecular flexibility index (Phi) is 6.42. The molecule has 1 saturated heterocycles. The number of hydrogen-bond donors (Lipinski definition) is 1. The average Bonchev–Trinajstić information content (AvgIpc) is 2.37. The van der Waals surface area contributed by atoms with Crippen LogP contribution in [0.5, 0.6) is 0 Å². The predicted octanol–water partition coefficient (Wildman–Crippen LogP) is 2.31. The van der Waals surface area contributed by atoms with Gasteiger partial charge in [-0.25, -0.2) is 0 Å². The molecule has 0 radical (unpaired) electrons. The van der Waals surface area contributed by atoms with E-state index in [4.69, 9.17) is 12.2 Å². The lowest BCUT2D eigenvalue weighted by atomic mass is 10.1. The lowest BCUT2D eigenvalue weighted by Gasteiger charge is -2.27. The summed E-state index contributed by atoms with van der Waals surface area (Å²) in [6, 6.07) is 0. The van der Waals surface area contributed by atoms with E-state index in [1.807, 2.05) is 0 Å². The molecule has 1 fully saturated rings. The predicted molar refractivity (Wildman–Crippen MR) is 79.5 cm³/mol. The molecule has 0 unspecified atom stereocenters. The van der Waals surface area contributed by atoms with E-state index < -0.39 is 5.91 Å². The molecule has 0 spiro atoms. The zero-order valence-electron chi connectivity index (χ0n) is 11.3. The fourth-order valence-corrected chi connectivity index (χ4v) is 2.11. The van der Waals surface area contributed by atoms with E-state index in [1.165, 1.54) is 11.3 Å². The van der Waals surface area contributed by atoms with Gasteiger partial charge in [0.15, 0.2) is 5.11 Å². The fourth-order valence-electron chi connectivity index (χ4n) is 1.86. The molecule has 0 aliphatic carbocycles. The van der Waals surface area contributed by atoms with Crippen molar-refractivity contribution >= 4 is 29.1 Å². The second-order valence-electron chi connectivity index (χ2n) is 4.43. The van der Waals surface area contributed by atoms with Crippen LogP contribution in [-0.4, -0.2) is 28.4 Å². The standard InChI is InChI=1S/C14H20N2O2S/c1-3-5-6-7-8-9-11-12(17)15-14(19)16(10-4-2)13(11)18/h4,9H,2-3,5-8,10H2,1H3,(H,15,17,19)/b11-9+. The van der Waals surface area contributed by atoms with Crippen molar-refractivity contribution < 1.29 is 9.59 Å². The number of rotatable bonds is 7. The molecule has 0 aromatic carbocycles. The van der Waals surface area contributed by atoms with Crippen molar-refractivity contribution in [2.75, 3.05) is 6.54 Å². The number of amides is 2. The van der Waals surface area contributed by atoms with E-state index in [2.05, 4.69) is 18.8 Å². The highest BCUT2D eigenvalue weighted by molar-refractivity contribution is 7.80. The Hall–Kier alpha value is -1.49. The summed E-state index contributed by atoms with van der Waals surface area (Å²) in [7, 11) is 0. The van der Waals surface area contributed by atoms with Crippen LogP contribution in [0.3, 0.4) is 0 Å². The number of thiocarbonyl (C=S) groups is 1. The molecular weight excluding hydrogens is 260 g/mol. The van der Waals surface area contributed by atoms with Gasteiger partial charge in [-0.05, 0) is 25.1 Å². The topological polar surface area (TPSA) is 49.4 Å². The molecule has 0 aromatic rings. The number of nitrogens with zero attached hydrogens (tertiary/aromatic N) is 1. The van der Waals surface area contributed by atoms with Crippen LogP contribution in [0.25, 0.3) is 0 Å². The van der Waals surface area contributed by atoms with Crippen molar-refractivity contribution in [1.29, 1.82) is 0 Å². The summed E-state index contributed by atoms with van der Waals surface area (Å²) in [4.78, 5) is 25.2. The van der Waals surface area contributed by atoms with Crippen LogP contribution in [0.2, 0.25) is 0 Å². The lowest BCUT2D eigenvalue weighted by Crippen LogP contribution is -2.53. The van der Waals surface area contributed by atoms with Crippen LogP contribution in [0.4, 0.5) is 0 Å². The fraction of sp³-hybridized carbons (Fsp3) is 0.500. The minimum atomic E-state index is -0.397. The molecule has 1 rings (SSSR count). The summed E-state index contributed by atoms with van der Waals surface area (Å²) in [5, 5.41) is 2.68. The highest BCUT2D eigenvalue weighted by atomic mass is 32.1. The minimum Gasteiger partial charge on any atom is -0.298 e. The third-order valence-corrected chi connectivity index (χ3v) is 3.23. The molecule has 0 aromatic heterocycles. The molecule has 0 saturated carbocycles. The van der Waals surface area contributed by atoms with Gasteiger partial charge < -0.3 is 0 Å². The van der Waals surface area contributed by atoms with Crippen molar-refractivity contribution in [3.05, 3.63) is 24.3 Å². The van der Waals surface area contributed by atoms with Gasteiger partial charge in [-0.2, -0.15) is 0 Å². The molecule has 4 nitrogen and oxygen atoms in total. The highest BCUT2D eigenvalue weighted by Crippen LogP contribution is 2.12. The van der Waals surface area contributed by atoms with E-state index in [-0.39, 0.29) is 16.6 Å². The van der Waals surface area contributed by atoms with Crippen molar-refractivity contribution in [3.63, 3.8) is 0 Å². The molecular formula is C14H20N2O2S. The SMILES string of the molecule is C=CCN1C(=O)/C(=C/CCCCCC)C(=O)NC1=S. The number of carbonyl (C=O) groups is 2. The maximum absolute atomic E-state index is 12.1. The van der Waals surface area contributed by atoms with Gasteiger partial charge in [-0.3, -0.25) is 19.8 Å². The Bertz CT molecular complexity index is 416. The number of carbonyl (C=O) groups excluding carboxylic acids is 2. The van der Waals surface area contributed by atoms with E-state index >= 15 is 0 Å². The van der Waals surface area contributed by atoms with Gasteiger partial charge in [0.1, 0.15) is 5.57 Å². The number of unbranched alkanes of at least 4 members (excludes halogenated alkanes) is 4. The van der Waals surface area contributed by atoms with Crippen LogP contribution in [0.15, 0.2) is 24.3 Å².